The summed E-state index contributed by atoms with van der Waals surface area (Å²) in [5.74, 6) is 0. The van der Waals surface area contributed by atoms with Gasteiger partial charge in [-0.05, 0) is 47.8 Å². The van der Waals surface area contributed by atoms with Gasteiger partial charge in [-0.15, -0.1) is 0 Å². The molecule has 0 saturated heterocycles. The molecule has 0 saturated carbocycles. The zero-order valence-corrected chi connectivity index (χ0v) is 13.0. The van der Waals surface area contributed by atoms with Gasteiger partial charge in [-0.25, -0.2) is 0 Å². The first-order valence-electron chi connectivity index (χ1n) is 7.75. The van der Waals surface area contributed by atoms with E-state index in [4.69, 9.17) is 0 Å². The largest absolute Gasteiger partial charge is 0.0646 e. The lowest BCUT2D eigenvalue weighted by Gasteiger charge is -2.24. The van der Waals surface area contributed by atoms with Crippen LogP contribution in [0.25, 0.3) is 0 Å². The Balaban J connectivity index is 1.95. The Bertz CT molecular complexity index is 523. The smallest absolute Gasteiger partial charge is 0.0106 e. The molecular formula is C20H26. The molecule has 0 aliphatic carbocycles. The van der Waals surface area contributed by atoms with Gasteiger partial charge < -0.3 is 0 Å². The van der Waals surface area contributed by atoms with E-state index >= 15 is 0 Å². The van der Waals surface area contributed by atoms with E-state index in [-0.39, 0.29) is 5.41 Å². The van der Waals surface area contributed by atoms with Crippen molar-refractivity contribution in [2.75, 3.05) is 0 Å². The van der Waals surface area contributed by atoms with Gasteiger partial charge >= 0.3 is 0 Å². The molecule has 2 rings (SSSR count). The summed E-state index contributed by atoms with van der Waals surface area (Å²) >= 11 is 0. The molecule has 0 bridgehead atoms. The van der Waals surface area contributed by atoms with Gasteiger partial charge in [0.05, 0.1) is 0 Å². The quantitative estimate of drug-likeness (QED) is 0.643. The van der Waals surface area contributed by atoms with Crippen molar-refractivity contribution in [1.29, 1.82) is 0 Å². The molecule has 0 aliphatic rings. The highest BCUT2D eigenvalue weighted by atomic mass is 14.2. The van der Waals surface area contributed by atoms with Crippen LogP contribution in [-0.2, 0) is 18.3 Å². The van der Waals surface area contributed by atoms with E-state index in [0.717, 1.165) is 0 Å². The van der Waals surface area contributed by atoms with Crippen LogP contribution in [0.5, 0.6) is 0 Å². The summed E-state index contributed by atoms with van der Waals surface area (Å²) in [7, 11) is 0. The molecule has 0 heterocycles. The van der Waals surface area contributed by atoms with Crippen LogP contribution in [-0.4, -0.2) is 0 Å². The zero-order valence-electron chi connectivity index (χ0n) is 13.0. The van der Waals surface area contributed by atoms with Crippen LogP contribution >= 0.6 is 0 Å². The summed E-state index contributed by atoms with van der Waals surface area (Å²) in [6.07, 6.45) is 4.74. The van der Waals surface area contributed by atoms with Crippen LogP contribution in [0.2, 0.25) is 0 Å². The number of hydrogen-bond donors (Lipinski definition) is 0. The summed E-state index contributed by atoms with van der Waals surface area (Å²) in [4.78, 5) is 0. The van der Waals surface area contributed by atoms with Crippen molar-refractivity contribution in [3.63, 3.8) is 0 Å². The number of rotatable bonds is 6. The molecule has 0 unspecified atom stereocenters. The molecule has 20 heavy (non-hydrogen) atoms. The minimum absolute atomic E-state index is 0.287. The molecule has 2 aromatic carbocycles. The van der Waals surface area contributed by atoms with Crippen molar-refractivity contribution >= 4 is 0 Å². The van der Waals surface area contributed by atoms with E-state index in [9.17, 15) is 0 Å². The normalized spacial score (nSPS) is 11.6. The highest BCUT2D eigenvalue weighted by Gasteiger charge is 2.17. The summed E-state index contributed by atoms with van der Waals surface area (Å²) in [5.41, 5.74) is 4.67. The fraction of sp³-hybridized carbons (Fsp3) is 0.400. The second-order valence-corrected chi connectivity index (χ2v) is 6.28. The van der Waals surface area contributed by atoms with Gasteiger partial charge in [-0.1, -0.05) is 75.4 Å². The highest BCUT2D eigenvalue weighted by Crippen LogP contribution is 2.27. The van der Waals surface area contributed by atoms with Crippen LogP contribution in [0, 0.1) is 0 Å². The predicted octanol–water partition coefficient (Wildman–Crippen LogP) is 5.55. The van der Waals surface area contributed by atoms with Gasteiger partial charge in [-0.3, -0.25) is 0 Å². The number of benzene rings is 2. The maximum absolute atomic E-state index is 2.40. The van der Waals surface area contributed by atoms with Crippen LogP contribution in [0.4, 0.5) is 0 Å². The fourth-order valence-electron chi connectivity index (χ4n) is 2.49. The Morgan fingerprint density at radius 3 is 2.15 bits per heavy atom. The Hall–Kier alpha value is -1.56. The second kappa shape index (κ2) is 6.74. The number of hydrogen-bond acceptors (Lipinski definition) is 0. The average molecular weight is 266 g/mol. The van der Waals surface area contributed by atoms with E-state index in [1.165, 1.54) is 42.4 Å². The predicted molar refractivity (Wildman–Crippen MR) is 88.2 cm³/mol. The minimum Gasteiger partial charge on any atom is -0.0646 e. The fourth-order valence-corrected chi connectivity index (χ4v) is 2.49. The van der Waals surface area contributed by atoms with Gasteiger partial charge in [0.15, 0.2) is 0 Å². The van der Waals surface area contributed by atoms with Gasteiger partial charge in [-0.2, -0.15) is 0 Å². The van der Waals surface area contributed by atoms with E-state index < -0.39 is 0 Å². The van der Waals surface area contributed by atoms with Gasteiger partial charge in [0.2, 0.25) is 0 Å². The third-order valence-corrected chi connectivity index (χ3v) is 4.37. The van der Waals surface area contributed by atoms with Crippen molar-refractivity contribution in [2.24, 2.45) is 0 Å². The van der Waals surface area contributed by atoms with E-state index in [2.05, 4.69) is 75.4 Å². The Morgan fingerprint density at radius 2 is 1.45 bits per heavy atom. The van der Waals surface area contributed by atoms with Crippen molar-refractivity contribution < 1.29 is 0 Å². The monoisotopic (exact) mass is 266 g/mol. The van der Waals surface area contributed by atoms with Crippen molar-refractivity contribution in [1.82, 2.24) is 0 Å². The zero-order chi connectivity index (χ0) is 14.4. The first-order valence-corrected chi connectivity index (χ1v) is 7.75. The Morgan fingerprint density at radius 1 is 0.800 bits per heavy atom. The molecule has 0 radical (unpaired) electrons. The van der Waals surface area contributed by atoms with Crippen LogP contribution in [0.15, 0.2) is 54.6 Å². The van der Waals surface area contributed by atoms with Crippen LogP contribution < -0.4 is 0 Å². The lowest BCUT2D eigenvalue weighted by atomic mass is 9.81. The van der Waals surface area contributed by atoms with Gasteiger partial charge in [0, 0.05) is 0 Å². The van der Waals surface area contributed by atoms with E-state index in [1.807, 2.05) is 0 Å². The molecule has 0 aliphatic heterocycles. The molecule has 0 aromatic heterocycles. The lowest BCUT2D eigenvalue weighted by Crippen LogP contribution is -2.15. The first kappa shape index (κ1) is 14.8. The van der Waals surface area contributed by atoms with Crippen LogP contribution in [0.1, 0.15) is 50.3 Å². The standard InChI is InChI=1S/C20H26/c1-4-20(2,3)19-15-9-14-18(16-19)13-8-12-17-10-6-5-7-11-17/h5-7,9-11,14-16H,4,8,12-13H2,1-3H3. The third kappa shape index (κ3) is 3.96. The Kier molecular flexibility index (Phi) is 5.00. The molecule has 0 fully saturated rings. The molecular weight excluding hydrogens is 240 g/mol. The average Bonchev–Trinajstić information content (AvgIpc) is 2.49. The summed E-state index contributed by atoms with van der Waals surface area (Å²) in [6, 6.07) is 19.9. The number of aryl methyl sites for hydroxylation is 2. The Labute approximate surface area is 123 Å². The molecule has 0 atom stereocenters. The molecule has 0 spiro atoms. The molecule has 0 heteroatoms. The van der Waals surface area contributed by atoms with Crippen molar-refractivity contribution in [3.05, 3.63) is 71.3 Å². The minimum atomic E-state index is 0.287. The summed E-state index contributed by atoms with van der Waals surface area (Å²) < 4.78 is 0. The topological polar surface area (TPSA) is 0 Å². The molecule has 106 valence electrons. The SMILES string of the molecule is CCC(C)(C)c1cccc(CCCc2ccccc2)c1. The maximum Gasteiger partial charge on any atom is -0.0106 e. The molecule has 0 nitrogen and oxygen atoms in total. The first-order chi connectivity index (χ1) is 9.62. The lowest BCUT2D eigenvalue weighted by molar-refractivity contribution is 0.505. The van der Waals surface area contributed by atoms with Crippen LogP contribution in [0.3, 0.4) is 0 Å². The van der Waals surface area contributed by atoms with E-state index in [0.29, 0.717) is 0 Å². The highest BCUT2D eigenvalue weighted by molar-refractivity contribution is 5.29. The molecule has 0 amide bonds. The van der Waals surface area contributed by atoms with Crippen molar-refractivity contribution in [2.45, 2.75) is 51.9 Å². The van der Waals surface area contributed by atoms with Crippen molar-refractivity contribution in [3.8, 4) is 0 Å². The molecule has 2 aromatic rings. The van der Waals surface area contributed by atoms with Gasteiger partial charge in [0.25, 0.3) is 0 Å². The molecule has 0 N–H and O–H groups in total. The summed E-state index contributed by atoms with van der Waals surface area (Å²) in [6.45, 7) is 6.92. The maximum atomic E-state index is 2.40. The summed E-state index contributed by atoms with van der Waals surface area (Å²) in [5, 5.41) is 0. The van der Waals surface area contributed by atoms with Gasteiger partial charge in [0.1, 0.15) is 0 Å². The third-order valence-electron chi connectivity index (χ3n) is 4.37. The second-order valence-electron chi connectivity index (χ2n) is 6.28. The van der Waals surface area contributed by atoms with E-state index in [1.54, 1.807) is 0 Å².